The van der Waals surface area contributed by atoms with Gasteiger partial charge in [-0.2, -0.15) is 0 Å². The van der Waals surface area contributed by atoms with Crippen LogP contribution in [0.15, 0.2) is 29.0 Å². The number of anilines is 2. The van der Waals surface area contributed by atoms with Crippen molar-refractivity contribution >= 4 is 33.2 Å². The van der Waals surface area contributed by atoms with Gasteiger partial charge in [0.25, 0.3) is 0 Å². The number of nitrogen functional groups attached to an aromatic ring is 2. The van der Waals surface area contributed by atoms with Gasteiger partial charge in [0.05, 0.1) is 23.2 Å². The predicted molar refractivity (Wildman–Crippen MR) is 56.9 cm³/mol. The zero-order valence-corrected chi connectivity index (χ0v) is 7.37. The van der Waals surface area contributed by atoms with Crippen LogP contribution in [-0.2, 0) is 0 Å². The van der Waals surface area contributed by atoms with Gasteiger partial charge in [0.2, 0.25) is 0 Å². The third-order valence-corrected chi connectivity index (χ3v) is 2.51. The molecule has 0 saturated carbocycles. The maximum atomic E-state index is 5.97. The average molecular weight is 187 g/mol. The first-order chi connectivity index (χ1) is 6.79. The number of nitrogens with two attached hydrogens (primary N) is 2. The number of benzene rings is 1. The van der Waals surface area contributed by atoms with Crippen molar-refractivity contribution in [2.24, 2.45) is 0 Å². The smallest absolute Gasteiger partial charge is 0.159 e. The fraction of sp³-hybridized carbons (Fsp3) is 0. The lowest BCUT2D eigenvalue weighted by Crippen LogP contribution is -1.92. The molecule has 0 aliphatic rings. The summed E-state index contributed by atoms with van der Waals surface area (Å²) in [6.45, 7) is 0. The first kappa shape index (κ1) is 7.32. The number of aromatic amines is 1. The summed E-state index contributed by atoms with van der Waals surface area (Å²) in [6, 6.07) is 3.71. The highest BCUT2D eigenvalue weighted by atomic mass is 16.3. The van der Waals surface area contributed by atoms with E-state index in [1.807, 2.05) is 18.3 Å². The highest BCUT2D eigenvalue weighted by molar-refractivity contribution is 6.15. The largest absolute Gasteiger partial charge is 0.462 e. The Morgan fingerprint density at radius 2 is 1.93 bits per heavy atom. The summed E-state index contributed by atoms with van der Waals surface area (Å²) in [7, 11) is 0. The third kappa shape index (κ3) is 0.682. The Morgan fingerprint density at radius 3 is 2.79 bits per heavy atom. The van der Waals surface area contributed by atoms with Crippen molar-refractivity contribution < 1.29 is 4.42 Å². The number of nitrogens with one attached hydrogen (secondary N) is 1. The van der Waals surface area contributed by atoms with E-state index in [-0.39, 0.29) is 0 Å². The zero-order chi connectivity index (χ0) is 9.71. The molecule has 4 heteroatoms. The third-order valence-electron chi connectivity index (χ3n) is 2.51. The molecule has 0 spiro atoms. The first-order valence-corrected chi connectivity index (χ1v) is 4.30. The van der Waals surface area contributed by atoms with Crippen molar-refractivity contribution in [2.45, 2.75) is 0 Å². The first-order valence-electron chi connectivity index (χ1n) is 4.30. The van der Waals surface area contributed by atoms with E-state index in [0.717, 1.165) is 16.3 Å². The Hall–Kier alpha value is -2.10. The standard InChI is InChI=1S/C10H9N3O/c11-7-6-2-4-14-10(6)8(12)5-1-3-13-9(5)7/h1-4,13H,11-12H2. The fourth-order valence-electron chi connectivity index (χ4n) is 1.80. The van der Waals surface area contributed by atoms with Gasteiger partial charge in [0, 0.05) is 17.0 Å². The van der Waals surface area contributed by atoms with Crippen molar-refractivity contribution in [1.82, 2.24) is 4.98 Å². The minimum Gasteiger partial charge on any atom is -0.462 e. The second kappa shape index (κ2) is 2.23. The zero-order valence-electron chi connectivity index (χ0n) is 7.37. The van der Waals surface area contributed by atoms with Gasteiger partial charge in [-0.1, -0.05) is 0 Å². The molecule has 14 heavy (non-hydrogen) atoms. The molecule has 0 fully saturated rings. The van der Waals surface area contributed by atoms with Crippen molar-refractivity contribution in [3.63, 3.8) is 0 Å². The van der Waals surface area contributed by atoms with E-state index < -0.39 is 0 Å². The molecule has 0 aliphatic carbocycles. The second-order valence-corrected chi connectivity index (χ2v) is 3.26. The molecule has 0 radical (unpaired) electrons. The molecular formula is C10H9N3O. The number of rotatable bonds is 0. The van der Waals surface area contributed by atoms with Crippen LogP contribution in [0.1, 0.15) is 0 Å². The Kier molecular flexibility index (Phi) is 1.16. The molecule has 5 N–H and O–H groups in total. The number of fused-ring (bicyclic) bond motifs is 2. The molecule has 2 heterocycles. The van der Waals surface area contributed by atoms with Crippen LogP contribution in [0, 0.1) is 0 Å². The van der Waals surface area contributed by atoms with Crippen molar-refractivity contribution in [3.8, 4) is 0 Å². The van der Waals surface area contributed by atoms with Crippen LogP contribution in [0.5, 0.6) is 0 Å². The second-order valence-electron chi connectivity index (χ2n) is 3.26. The Bertz CT molecular complexity index is 518. The summed E-state index contributed by atoms with van der Waals surface area (Å²) in [6.07, 6.45) is 3.41. The van der Waals surface area contributed by atoms with E-state index in [0.29, 0.717) is 17.0 Å². The van der Waals surface area contributed by atoms with Gasteiger partial charge < -0.3 is 20.9 Å². The summed E-state index contributed by atoms with van der Waals surface area (Å²) >= 11 is 0. The maximum absolute atomic E-state index is 5.97. The monoisotopic (exact) mass is 187 g/mol. The Labute approximate surface area is 79.5 Å². The lowest BCUT2D eigenvalue weighted by Gasteiger charge is -2.02. The molecule has 4 nitrogen and oxygen atoms in total. The summed E-state index contributed by atoms with van der Waals surface area (Å²) in [4.78, 5) is 3.06. The van der Waals surface area contributed by atoms with Gasteiger partial charge in [-0.3, -0.25) is 0 Å². The molecule has 0 saturated heterocycles. The van der Waals surface area contributed by atoms with Gasteiger partial charge >= 0.3 is 0 Å². The summed E-state index contributed by atoms with van der Waals surface area (Å²) in [5.74, 6) is 0. The van der Waals surface area contributed by atoms with Crippen LogP contribution in [0.2, 0.25) is 0 Å². The number of hydrogen-bond acceptors (Lipinski definition) is 3. The highest BCUT2D eigenvalue weighted by Crippen LogP contribution is 2.36. The van der Waals surface area contributed by atoms with Gasteiger partial charge in [0.1, 0.15) is 0 Å². The summed E-state index contributed by atoms with van der Waals surface area (Å²) in [5.41, 5.74) is 14.8. The van der Waals surface area contributed by atoms with E-state index >= 15 is 0 Å². The van der Waals surface area contributed by atoms with Gasteiger partial charge in [-0.25, -0.2) is 0 Å². The lowest BCUT2D eigenvalue weighted by atomic mass is 10.1. The molecule has 0 bridgehead atoms. The molecule has 0 unspecified atom stereocenters. The van der Waals surface area contributed by atoms with Crippen LogP contribution in [0.4, 0.5) is 11.4 Å². The minimum absolute atomic E-state index is 0.635. The van der Waals surface area contributed by atoms with Gasteiger partial charge in [-0.05, 0) is 12.1 Å². The summed E-state index contributed by atoms with van der Waals surface area (Å²) in [5, 5.41) is 1.77. The van der Waals surface area contributed by atoms with Crippen molar-refractivity contribution in [2.75, 3.05) is 11.5 Å². The van der Waals surface area contributed by atoms with Crippen molar-refractivity contribution in [3.05, 3.63) is 24.6 Å². The van der Waals surface area contributed by atoms with E-state index in [4.69, 9.17) is 15.9 Å². The Morgan fingerprint density at radius 1 is 1.07 bits per heavy atom. The lowest BCUT2D eigenvalue weighted by molar-refractivity contribution is 0.617. The molecule has 0 amide bonds. The molecule has 0 aliphatic heterocycles. The van der Waals surface area contributed by atoms with E-state index in [1.54, 1.807) is 6.26 Å². The fourth-order valence-corrected chi connectivity index (χ4v) is 1.80. The average Bonchev–Trinajstić information content (AvgIpc) is 2.82. The van der Waals surface area contributed by atoms with Gasteiger partial charge in [0.15, 0.2) is 5.58 Å². The molecule has 1 aromatic carbocycles. The van der Waals surface area contributed by atoms with Crippen molar-refractivity contribution in [1.29, 1.82) is 0 Å². The quantitative estimate of drug-likeness (QED) is 0.372. The molecule has 0 atom stereocenters. The van der Waals surface area contributed by atoms with Crippen LogP contribution in [0.3, 0.4) is 0 Å². The van der Waals surface area contributed by atoms with Crippen LogP contribution >= 0.6 is 0 Å². The number of hydrogen-bond donors (Lipinski definition) is 3. The molecule has 3 aromatic rings. The van der Waals surface area contributed by atoms with Crippen LogP contribution < -0.4 is 11.5 Å². The number of furan rings is 1. The maximum Gasteiger partial charge on any atom is 0.159 e. The number of H-pyrrole nitrogens is 1. The Balaban J connectivity index is 2.72. The molecular weight excluding hydrogens is 178 g/mol. The SMILES string of the molecule is Nc1c2ccoc2c(N)c2cc[nH]c12. The molecule has 70 valence electrons. The normalized spacial score (nSPS) is 11.4. The predicted octanol–water partition coefficient (Wildman–Crippen LogP) is 2.08. The van der Waals surface area contributed by atoms with E-state index in [9.17, 15) is 0 Å². The van der Waals surface area contributed by atoms with Gasteiger partial charge in [-0.15, -0.1) is 0 Å². The minimum atomic E-state index is 0.635. The number of aromatic nitrogens is 1. The summed E-state index contributed by atoms with van der Waals surface area (Å²) < 4.78 is 5.29. The topological polar surface area (TPSA) is 81.0 Å². The van der Waals surface area contributed by atoms with E-state index in [2.05, 4.69) is 4.98 Å². The molecule has 2 aromatic heterocycles. The van der Waals surface area contributed by atoms with E-state index in [1.165, 1.54) is 0 Å². The molecule has 3 rings (SSSR count). The van der Waals surface area contributed by atoms with Crippen LogP contribution in [-0.4, -0.2) is 4.98 Å². The highest BCUT2D eigenvalue weighted by Gasteiger charge is 2.12. The van der Waals surface area contributed by atoms with Crippen LogP contribution in [0.25, 0.3) is 21.9 Å².